The van der Waals surface area contributed by atoms with Crippen molar-refractivity contribution in [2.45, 2.75) is 82.7 Å². The highest BCUT2D eigenvalue weighted by molar-refractivity contribution is 7.14. The van der Waals surface area contributed by atoms with Crippen molar-refractivity contribution in [3.63, 3.8) is 0 Å². The van der Waals surface area contributed by atoms with Crippen LogP contribution >= 0.6 is 34.5 Å². The molecule has 1 amide bonds. The minimum atomic E-state index is 0.210. The summed E-state index contributed by atoms with van der Waals surface area (Å²) in [7, 11) is 0. The van der Waals surface area contributed by atoms with Crippen molar-refractivity contribution in [3.05, 3.63) is 69.0 Å². The highest BCUT2D eigenvalue weighted by atomic mass is 35.5. The van der Waals surface area contributed by atoms with E-state index in [-0.39, 0.29) is 11.9 Å². The fourth-order valence-electron chi connectivity index (χ4n) is 6.64. The molecule has 1 aromatic heterocycles. The van der Waals surface area contributed by atoms with Gasteiger partial charge in [-0.15, -0.1) is 11.3 Å². The first-order valence-electron chi connectivity index (χ1n) is 15.8. The summed E-state index contributed by atoms with van der Waals surface area (Å²) in [4.78, 5) is 22.5. The zero-order valence-corrected chi connectivity index (χ0v) is 26.7. The fraction of sp³-hybridized carbons (Fsp3) is 0.529. The maximum absolute atomic E-state index is 12.6. The first-order valence-corrected chi connectivity index (χ1v) is 17.4. The van der Waals surface area contributed by atoms with E-state index in [1.807, 2.05) is 18.2 Å². The quantitative estimate of drug-likeness (QED) is 0.245. The number of piperidine rings is 1. The third-order valence-electron chi connectivity index (χ3n) is 9.25. The maximum atomic E-state index is 12.6. The Morgan fingerprint density at radius 3 is 2.45 bits per heavy atom. The third-order valence-corrected chi connectivity index (χ3v) is 10.9. The molecule has 0 spiro atoms. The van der Waals surface area contributed by atoms with Gasteiger partial charge in [-0.05, 0) is 80.0 Å². The number of anilines is 1. The Bertz CT molecular complexity index is 1330. The predicted molar refractivity (Wildman–Crippen MR) is 176 cm³/mol. The van der Waals surface area contributed by atoms with Crippen molar-refractivity contribution in [3.8, 4) is 11.3 Å². The van der Waals surface area contributed by atoms with Crippen molar-refractivity contribution in [1.82, 2.24) is 15.2 Å². The van der Waals surface area contributed by atoms with E-state index in [1.54, 1.807) is 11.3 Å². The number of carbonyl (C=O) groups excluding carboxylic acids is 1. The Kier molecular flexibility index (Phi) is 10.1. The number of likely N-dealkylation sites (tertiary alicyclic amines) is 1. The highest BCUT2D eigenvalue weighted by Crippen LogP contribution is 2.50. The number of aromatic nitrogens is 1. The van der Waals surface area contributed by atoms with Crippen LogP contribution in [-0.4, -0.2) is 48.0 Å². The highest BCUT2D eigenvalue weighted by Gasteiger charge is 2.37. The molecule has 8 heteroatoms. The van der Waals surface area contributed by atoms with E-state index in [1.165, 1.54) is 53.9 Å². The monoisotopic (exact) mass is 624 g/mol. The molecule has 5 nitrogen and oxygen atoms in total. The minimum Gasteiger partial charge on any atom is -0.353 e. The Balaban J connectivity index is 0.882. The van der Waals surface area contributed by atoms with Crippen LogP contribution in [0.4, 0.5) is 5.13 Å². The summed E-state index contributed by atoms with van der Waals surface area (Å²) in [6.45, 7) is 5.11. The van der Waals surface area contributed by atoms with Gasteiger partial charge in [0, 0.05) is 56.1 Å². The molecule has 3 heterocycles. The second kappa shape index (κ2) is 14.1. The summed E-state index contributed by atoms with van der Waals surface area (Å²) in [5.74, 6) is 1.56. The van der Waals surface area contributed by atoms with E-state index in [4.69, 9.17) is 28.2 Å². The molecule has 224 valence electrons. The van der Waals surface area contributed by atoms with Crippen LogP contribution in [0.15, 0.2) is 47.8 Å². The lowest BCUT2D eigenvalue weighted by molar-refractivity contribution is -0.122. The van der Waals surface area contributed by atoms with Crippen LogP contribution in [0.5, 0.6) is 0 Å². The van der Waals surface area contributed by atoms with Gasteiger partial charge in [-0.3, -0.25) is 9.69 Å². The fourth-order valence-corrected chi connectivity index (χ4v) is 7.85. The number of thiazole rings is 1. The molecule has 1 saturated carbocycles. The molecule has 6 rings (SSSR count). The van der Waals surface area contributed by atoms with E-state index >= 15 is 0 Å². The first kappa shape index (κ1) is 29.9. The molecule has 1 unspecified atom stereocenters. The summed E-state index contributed by atoms with van der Waals surface area (Å²) in [6, 6.07) is 15.2. The number of carbonyl (C=O) groups is 1. The topological polar surface area (TPSA) is 48.5 Å². The van der Waals surface area contributed by atoms with Gasteiger partial charge in [-0.25, -0.2) is 4.98 Å². The zero-order valence-electron chi connectivity index (χ0n) is 24.4. The van der Waals surface area contributed by atoms with E-state index in [0.717, 1.165) is 64.1 Å². The third kappa shape index (κ3) is 7.88. The number of halogens is 2. The van der Waals surface area contributed by atoms with Gasteiger partial charge < -0.3 is 10.2 Å². The Hall–Kier alpha value is -2.12. The maximum Gasteiger partial charge on any atom is 0.220 e. The average molecular weight is 626 g/mol. The number of amides is 1. The van der Waals surface area contributed by atoms with Crippen LogP contribution in [0.1, 0.15) is 81.3 Å². The van der Waals surface area contributed by atoms with Gasteiger partial charge in [-0.2, -0.15) is 0 Å². The number of benzene rings is 2. The molecule has 0 bridgehead atoms. The van der Waals surface area contributed by atoms with Crippen LogP contribution in [0, 0.1) is 5.92 Å². The number of hydrogen-bond acceptors (Lipinski definition) is 5. The molecule has 2 aromatic carbocycles. The van der Waals surface area contributed by atoms with Gasteiger partial charge in [0.25, 0.3) is 0 Å². The SMILES string of the molecule is O=C(CCC[C@@H]1CC1c1ccc(-c2csc(N3CCCCCC3)n2)cc1)NC1CCN(Cc2ccc(Cl)c(Cl)c2)CC1. The molecule has 0 radical (unpaired) electrons. The van der Waals surface area contributed by atoms with Gasteiger partial charge in [0.2, 0.25) is 5.91 Å². The summed E-state index contributed by atoms with van der Waals surface area (Å²) < 4.78 is 0. The molecule has 3 aliphatic rings. The molecular formula is C34H42Cl2N4OS. The lowest BCUT2D eigenvalue weighted by atomic mass is 10.0. The average Bonchev–Trinajstić information content (AvgIpc) is 3.69. The largest absolute Gasteiger partial charge is 0.353 e. The first-order chi connectivity index (χ1) is 20.5. The molecule has 2 atom stereocenters. The molecule has 2 aliphatic heterocycles. The normalized spacial score (nSPS) is 21.7. The van der Waals surface area contributed by atoms with Crippen LogP contribution in [0.3, 0.4) is 0 Å². The van der Waals surface area contributed by atoms with Crippen molar-refractivity contribution in [2.24, 2.45) is 5.92 Å². The second-order valence-electron chi connectivity index (χ2n) is 12.4. The standard InChI is InChI=1S/C34H42Cl2N4OS/c35-30-13-8-24(20-31(30)36)22-39-18-14-28(15-19-39)37-33(41)7-5-6-27-21-29(27)25-9-11-26(12-10-25)32-23-42-34(38-32)40-16-3-1-2-4-17-40/h8-13,20,23,27-29H,1-7,14-19,21-22H2,(H,37,41)/t27-,29?/m1/s1. The number of hydrogen-bond donors (Lipinski definition) is 1. The van der Waals surface area contributed by atoms with Gasteiger partial charge >= 0.3 is 0 Å². The molecule has 1 aliphatic carbocycles. The second-order valence-corrected chi connectivity index (χ2v) is 14.1. The zero-order chi connectivity index (χ0) is 28.9. The molecule has 2 saturated heterocycles. The minimum absolute atomic E-state index is 0.210. The summed E-state index contributed by atoms with van der Waals surface area (Å²) >= 11 is 14.0. The van der Waals surface area contributed by atoms with Gasteiger partial charge in [-0.1, -0.05) is 66.4 Å². The molecular weight excluding hydrogens is 583 g/mol. The summed E-state index contributed by atoms with van der Waals surface area (Å²) in [5, 5.41) is 7.88. The summed E-state index contributed by atoms with van der Waals surface area (Å²) in [6.07, 6.45) is 11.2. The van der Waals surface area contributed by atoms with Crippen molar-refractivity contribution >= 4 is 45.6 Å². The Labute approximate surface area is 264 Å². The van der Waals surface area contributed by atoms with Crippen LogP contribution in [0.25, 0.3) is 11.3 Å². The lowest BCUT2D eigenvalue weighted by Gasteiger charge is -2.32. The van der Waals surface area contributed by atoms with Crippen molar-refractivity contribution in [2.75, 3.05) is 31.1 Å². The van der Waals surface area contributed by atoms with Gasteiger partial charge in [0.1, 0.15) is 0 Å². The molecule has 3 aromatic rings. The number of nitrogens with zero attached hydrogens (tertiary/aromatic N) is 3. The van der Waals surface area contributed by atoms with E-state index in [2.05, 4.69) is 44.8 Å². The van der Waals surface area contributed by atoms with E-state index in [9.17, 15) is 4.79 Å². The molecule has 1 N–H and O–H groups in total. The van der Waals surface area contributed by atoms with E-state index in [0.29, 0.717) is 28.3 Å². The number of nitrogens with one attached hydrogen (secondary N) is 1. The van der Waals surface area contributed by atoms with Gasteiger partial charge in [0.05, 0.1) is 15.7 Å². The van der Waals surface area contributed by atoms with Crippen molar-refractivity contribution < 1.29 is 4.79 Å². The van der Waals surface area contributed by atoms with E-state index < -0.39 is 0 Å². The Morgan fingerprint density at radius 2 is 1.71 bits per heavy atom. The lowest BCUT2D eigenvalue weighted by Crippen LogP contribution is -2.44. The smallest absolute Gasteiger partial charge is 0.220 e. The molecule has 42 heavy (non-hydrogen) atoms. The number of rotatable bonds is 10. The molecule has 3 fully saturated rings. The Morgan fingerprint density at radius 1 is 0.952 bits per heavy atom. The van der Waals surface area contributed by atoms with Crippen molar-refractivity contribution in [1.29, 1.82) is 0 Å². The predicted octanol–water partition coefficient (Wildman–Crippen LogP) is 8.55. The van der Waals surface area contributed by atoms with Crippen LogP contribution in [0.2, 0.25) is 10.0 Å². The van der Waals surface area contributed by atoms with Crippen LogP contribution < -0.4 is 10.2 Å². The summed E-state index contributed by atoms with van der Waals surface area (Å²) in [5.41, 5.74) is 4.92. The van der Waals surface area contributed by atoms with Gasteiger partial charge in [0.15, 0.2) is 5.13 Å². The van der Waals surface area contributed by atoms with Crippen LogP contribution in [-0.2, 0) is 11.3 Å².